The maximum atomic E-state index is 11.5. The lowest BCUT2D eigenvalue weighted by atomic mass is 9.89. The van der Waals surface area contributed by atoms with Crippen molar-refractivity contribution in [3.05, 3.63) is 6.07 Å². The van der Waals surface area contributed by atoms with Gasteiger partial charge in [0.15, 0.2) is 0 Å². The second-order valence-corrected chi connectivity index (χ2v) is 4.92. The molecule has 1 aromatic rings. The van der Waals surface area contributed by atoms with Gasteiger partial charge >= 0.3 is 6.03 Å². The van der Waals surface area contributed by atoms with Gasteiger partial charge in [0.2, 0.25) is 11.8 Å². The first-order valence-corrected chi connectivity index (χ1v) is 5.99. The van der Waals surface area contributed by atoms with Crippen molar-refractivity contribution in [2.24, 2.45) is 0 Å². The van der Waals surface area contributed by atoms with Crippen molar-refractivity contribution in [3.63, 3.8) is 0 Å². The zero-order valence-corrected chi connectivity index (χ0v) is 10.9. The molecule has 3 N–H and O–H groups in total. The third-order valence-electron chi connectivity index (χ3n) is 3.79. The van der Waals surface area contributed by atoms with Crippen LogP contribution in [0.4, 0.5) is 16.6 Å². The van der Waals surface area contributed by atoms with E-state index in [-0.39, 0.29) is 17.5 Å². The first-order chi connectivity index (χ1) is 9.04. The average Bonchev–Trinajstić information content (AvgIpc) is 2.64. The third kappa shape index (κ3) is 1.71. The number of methoxy groups -OCH3 is 1. The summed E-state index contributed by atoms with van der Waals surface area (Å²) in [6, 6.07) is 1.72. The minimum Gasteiger partial charge on any atom is -0.481 e. The van der Waals surface area contributed by atoms with Crippen LogP contribution in [0.3, 0.4) is 0 Å². The van der Waals surface area contributed by atoms with Gasteiger partial charge in [-0.15, -0.1) is 0 Å². The van der Waals surface area contributed by atoms with Crippen LogP contribution in [0.5, 0.6) is 5.88 Å². The fourth-order valence-corrected chi connectivity index (χ4v) is 2.54. The van der Waals surface area contributed by atoms with Crippen LogP contribution in [0.25, 0.3) is 0 Å². The number of hydrogen-bond acceptors (Lipinski definition) is 6. The number of aromatic nitrogens is 2. The Morgan fingerprint density at radius 1 is 1.47 bits per heavy atom. The standard InChI is InChI=1S/C11H16N6O2/c1-16-10(18)13-4-11(16)5-17(6-11)7-3-8(19-2)15-9(12)14-7/h3H,4-6H2,1-2H3,(H,13,18)(H2,12,14,15). The zero-order chi connectivity index (χ0) is 13.6. The number of rotatable bonds is 2. The molecule has 2 saturated heterocycles. The number of nitrogen functional groups attached to an aromatic ring is 1. The summed E-state index contributed by atoms with van der Waals surface area (Å²) in [5.74, 6) is 1.35. The Hall–Kier alpha value is -2.25. The van der Waals surface area contributed by atoms with Crippen LogP contribution in [-0.4, -0.2) is 60.2 Å². The molecule has 1 spiro atoms. The van der Waals surface area contributed by atoms with Gasteiger partial charge < -0.3 is 25.6 Å². The average molecular weight is 264 g/mol. The Balaban J connectivity index is 1.77. The predicted octanol–water partition coefficient (Wildman–Crippen LogP) is -0.719. The smallest absolute Gasteiger partial charge is 0.317 e. The SMILES string of the molecule is COc1cc(N2CC3(CNC(=O)N3C)C2)nc(N)n1. The number of hydrogen-bond donors (Lipinski definition) is 2. The Morgan fingerprint density at radius 2 is 2.21 bits per heavy atom. The van der Waals surface area contributed by atoms with Crippen molar-refractivity contribution in [1.82, 2.24) is 20.2 Å². The summed E-state index contributed by atoms with van der Waals surface area (Å²) >= 11 is 0. The molecule has 3 rings (SSSR count). The molecular weight excluding hydrogens is 248 g/mol. The van der Waals surface area contributed by atoms with E-state index in [4.69, 9.17) is 10.5 Å². The van der Waals surface area contributed by atoms with Crippen LogP contribution in [0.1, 0.15) is 0 Å². The number of ether oxygens (including phenoxy) is 1. The molecule has 19 heavy (non-hydrogen) atoms. The number of nitrogens with zero attached hydrogens (tertiary/aromatic N) is 4. The van der Waals surface area contributed by atoms with E-state index in [1.807, 2.05) is 7.05 Å². The normalized spacial score (nSPS) is 20.4. The summed E-state index contributed by atoms with van der Waals surface area (Å²) in [5.41, 5.74) is 5.51. The summed E-state index contributed by atoms with van der Waals surface area (Å²) in [5, 5.41) is 2.85. The van der Waals surface area contributed by atoms with Crippen LogP contribution in [0.15, 0.2) is 6.07 Å². The zero-order valence-electron chi connectivity index (χ0n) is 10.9. The van der Waals surface area contributed by atoms with Gasteiger partial charge in [-0.2, -0.15) is 9.97 Å². The van der Waals surface area contributed by atoms with Crippen molar-refractivity contribution < 1.29 is 9.53 Å². The quantitative estimate of drug-likeness (QED) is 0.732. The minimum atomic E-state index is -0.135. The van der Waals surface area contributed by atoms with Crippen LogP contribution in [0.2, 0.25) is 0 Å². The van der Waals surface area contributed by atoms with Gasteiger partial charge in [-0.05, 0) is 0 Å². The molecule has 0 bridgehead atoms. The predicted molar refractivity (Wildman–Crippen MR) is 69.1 cm³/mol. The van der Waals surface area contributed by atoms with E-state index in [0.29, 0.717) is 12.4 Å². The van der Waals surface area contributed by atoms with Gasteiger partial charge in [0, 0.05) is 32.7 Å². The van der Waals surface area contributed by atoms with E-state index in [9.17, 15) is 4.79 Å². The molecule has 2 amide bonds. The highest BCUT2D eigenvalue weighted by Gasteiger charge is 2.52. The van der Waals surface area contributed by atoms with E-state index >= 15 is 0 Å². The highest BCUT2D eigenvalue weighted by atomic mass is 16.5. The number of urea groups is 1. The second kappa shape index (κ2) is 3.87. The third-order valence-corrected chi connectivity index (χ3v) is 3.79. The largest absolute Gasteiger partial charge is 0.481 e. The fraction of sp³-hybridized carbons (Fsp3) is 0.545. The lowest BCUT2D eigenvalue weighted by Crippen LogP contribution is -2.69. The van der Waals surface area contributed by atoms with Crippen LogP contribution in [-0.2, 0) is 0 Å². The number of likely N-dealkylation sites (N-methyl/N-ethyl adjacent to an activating group) is 1. The molecule has 1 aromatic heterocycles. The molecular formula is C11H16N6O2. The van der Waals surface area contributed by atoms with E-state index in [0.717, 1.165) is 18.9 Å². The van der Waals surface area contributed by atoms with Crippen LogP contribution >= 0.6 is 0 Å². The molecule has 2 fully saturated rings. The van der Waals surface area contributed by atoms with E-state index in [2.05, 4.69) is 20.2 Å². The number of carbonyl (C=O) groups excluding carboxylic acids is 1. The van der Waals surface area contributed by atoms with Crippen molar-refractivity contribution in [2.45, 2.75) is 5.54 Å². The topological polar surface area (TPSA) is 96.6 Å². The van der Waals surface area contributed by atoms with Gasteiger partial charge in [0.1, 0.15) is 5.82 Å². The molecule has 8 nitrogen and oxygen atoms in total. The molecule has 0 atom stereocenters. The molecule has 0 radical (unpaired) electrons. The van der Waals surface area contributed by atoms with Crippen molar-refractivity contribution in [3.8, 4) is 5.88 Å². The lowest BCUT2D eigenvalue weighted by Gasteiger charge is -2.51. The highest BCUT2D eigenvalue weighted by molar-refractivity contribution is 5.78. The number of amides is 2. The Bertz CT molecular complexity index is 528. The molecule has 0 saturated carbocycles. The number of carbonyl (C=O) groups is 1. The van der Waals surface area contributed by atoms with Crippen LogP contribution < -0.4 is 20.7 Å². The van der Waals surface area contributed by atoms with E-state index in [1.54, 1.807) is 11.0 Å². The summed E-state index contributed by atoms with van der Waals surface area (Å²) in [6.45, 7) is 2.11. The van der Waals surface area contributed by atoms with E-state index < -0.39 is 0 Å². The van der Waals surface area contributed by atoms with Gasteiger partial charge in [-0.3, -0.25) is 0 Å². The summed E-state index contributed by atoms with van der Waals surface area (Å²) in [4.78, 5) is 23.5. The van der Waals surface area contributed by atoms with E-state index in [1.165, 1.54) is 7.11 Å². The molecule has 8 heteroatoms. The summed E-state index contributed by atoms with van der Waals surface area (Å²) in [6.07, 6.45) is 0. The van der Waals surface area contributed by atoms with Gasteiger partial charge in [-0.25, -0.2) is 4.79 Å². The van der Waals surface area contributed by atoms with Crippen LogP contribution in [0, 0.1) is 0 Å². The molecule has 2 aliphatic rings. The number of nitrogens with two attached hydrogens (primary N) is 1. The van der Waals surface area contributed by atoms with Gasteiger partial charge in [0.25, 0.3) is 0 Å². The van der Waals surface area contributed by atoms with Crippen molar-refractivity contribution >= 4 is 17.8 Å². The highest BCUT2D eigenvalue weighted by Crippen LogP contribution is 2.33. The minimum absolute atomic E-state index is 0.0283. The monoisotopic (exact) mass is 264 g/mol. The van der Waals surface area contributed by atoms with Gasteiger partial charge in [0.05, 0.1) is 12.6 Å². The summed E-state index contributed by atoms with van der Waals surface area (Å²) in [7, 11) is 3.35. The fourth-order valence-electron chi connectivity index (χ4n) is 2.54. The first-order valence-electron chi connectivity index (χ1n) is 5.99. The maximum absolute atomic E-state index is 11.5. The second-order valence-electron chi connectivity index (χ2n) is 4.92. The Labute approximate surface area is 110 Å². The number of nitrogens with one attached hydrogen (secondary N) is 1. The Morgan fingerprint density at radius 3 is 2.79 bits per heavy atom. The maximum Gasteiger partial charge on any atom is 0.317 e. The number of anilines is 2. The summed E-state index contributed by atoms with van der Waals surface area (Å²) < 4.78 is 5.07. The molecule has 0 unspecified atom stereocenters. The molecule has 2 aliphatic heterocycles. The molecule has 102 valence electrons. The van der Waals surface area contributed by atoms with Gasteiger partial charge in [-0.1, -0.05) is 0 Å². The lowest BCUT2D eigenvalue weighted by molar-refractivity contribution is 0.151. The first kappa shape index (κ1) is 11.8. The van der Waals surface area contributed by atoms with Crippen molar-refractivity contribution in [2.75, 3.05) is 44.4 Å². The molecule has 0 aliphatic carbocycles. The molecule has 3 heterocycles. The van der Waals surface area contributed by atoms with Crippen molar-refractivity contribution in [1.29, 1.82) is 0 Å². The molecule has 0 aromatic carbocycles. The Kier molecular flexibility index (Phi) is 2.41.